The summed E-state index contributed by atoms with van der Waals surface area (Å²) >= 11 is 0. The molecule has 1 unspecified atom stereocenters. The first-order valence-electron chi connectivity index (χ1n) is 6.91. The van der Waals surface area contributed by atoms with Crippen LogP contribution in [-0.4, -0.2) is 44.9 Å². The lowest BCUT2D eigenvalue weighted by molar-refractivity contribution is 0.147. The third kappa shape index (κ3) is 5.19. The lowest BCUT2D eigenvalue weighted by atomic mass is 10.1. The van der Waals surface area contributed by atoms with Crippen LogP contribution in [0.25, 0.3) is 0 Å². The van der Waals surface area contributed by atoms with Gasteiger partial charge in [-0.05, 0) is 19.5 Å². The van der Waals surface area contributed by atoms with Crippen molar-refractivity contribution >= 4 is 0 Å². The molecule has 0 aliphatic heterocycles. The monoisotopic (exact) mass is 266 g/mol. The second-order valence-electron chi connectivity index (χ2n) is 4.46. The molecule has 1 aromatic carbocycles. The maximum absolute atomic E-state index is 6.31. The Kier molecular flexibility index (Phi) is 7.48. The van der Waals surface area contributed by atoms with Crippen LogP contribution in [0.3, 0.4) is 0 Å². The number of methoxy groups -OCH3 is 1. The van der Waals surface area contributed by atoms with E-state index in [1.807, 2.05) is 31.2 Å². The summed E-state index contributed by atoms with van der Waals surface area (Å²) < 4.78 is 10.7. The molecule has 108 valence electrons. The Morgan fingerprint density at radius 3 is 2.63 bits per heavy atom. The molecule has 0 heterocycles. The van der Waals surface area contributed by atoms with E-state index in [1.54, 1.807) is 7.11 Å². The minimum atomic E-state index is -0.0421. The number of nitrogens with zero attached hydrogens (tertiary/aromatic N) is 1. The highest BCUT2D eigenvalue weighted by atomic mass is 16.5. The molecular formula is C15H26N2O2. The zero-order chi connectivity index (χ0) is 14.1. The molecule has 0 spiro atoms. The zero-order valence-electron chi connectivity index (χ0n) is 12.3. The van der Waals surface area contributed by atoms with Gasteiger partial charge < -0.3 is 15.2 Å². The van der Waals surface area contributed by atoms with Gasteiger partial charge >= 0.3 is 0 Å². The Bertz CT molecular complexity index is 358. The highest BCUT2D eigenvalue weighted by Crippen LogP contribution is 2.24. The summed E-state index contributed by atoms with van der Waals surface area (Å²) in [5, 5.41) is 0. The van der Waals surface area contributed by atoms with Crippen molar-refractivity contribution in [1.82, 2.24) is 4.90 Å². The highest BCUT2D eigenvalue weighted by molar-refractivity contribution is 5.35. The molecule has 0 saturated heterocycles. The fraction of sp³-hybridized carbons (Fsp3) is 0.600. The van der Waals surface area contributed by atoms with Gasteiger partial charge in [-0.1, -0.05) is 25.1 Å². The van der Waals surface area contributed by atoms with Crippen LogP contribution in [-0.2, 0) is 4.74 Å². The summed E-state index contributed by atoms with van der Waals surface area (Å²) in [6, 6.07) is 7.95. The molecule has 1 rings (SSSR count). The maximum atomic E-state index is 6.31. The third-order valence-corrected chi connectivity index (χ3v) is 3.13. The van der Waals surface area contributed by atoms with E-state index in [1.165, 1.54) is 0 Å². The summed E-state index contributed by atoms with van der Waals surface area (Å²) in [6.07, 6.45) is 0. The summed E-state index contributed by atoms with van der Waals surface area (Å²) in [4.78, 5) is 2.29. The fourth-order valence-corrected chi connectivity index (χ4v) is 2.05. The Morgan fingerprint density at radius 1 is 1.26 bits per heavy atom. The predicted octanol–water partition coefficient (Wildman–Crippen LogP) is 2.05. The van der Waals surface area contributed by atoms with Crippen LogP contribution in [0.5, 0.6) is 5.75 Å². The van der Waals surface area contributed by atoms with Crippen LogP contribution in [0.2, 0.25) is 0 Å². The summed E-state index contributed by atoms with van der Waals surface area (Å²) in [5.41, 5.74) is 7.38. The van der Waals surface area contributed by atoms with Crippen LogP contribution in [0.1, 0.15) is 25.5 Å². The molecule has 2 N–H and O–H groups in total. The SMILES string of the molecule is CCOc1ccccc1C(N)CN(CC)CCOC. The van der Waals surface area contributed by atoms with E-state index in [9.17, 15) is 0 Å². The molecule has 0 amide bonds. The Hall–Kier alpha value is -1.10. The highest BCUT2D eigenvalue weighted by Gasteiger charge is 2.14. The molecular weight excluding hydrogens is 240 g/mol. The second-order valence-corrected chi connectivity index (χ2v) is 4.46. The van der Waals surface area contributed by atoms with Gasteiger partial charge in [0.1, 0.15) is 5.75 Å². The maximum Gasteiger partial charge on any atom is 0.124 e. The molecule has 0 bridgehead atoms. The molecule has 19 heavy (non-hydrogen) atoms. The first-order valence-corrected chi connectivity index (χ1v) is 6.91. The van der Waals surface area contributed by atoms with E-state index in [-0.39, 0.29) is 6.04 Å². The van der Waals surface area contributed by atoms with Crippen LogP contribution in [0, 0.1) is 0 Å². The largest absolute Gasteiger partial charge is 0.494 e. The summed E-state index contributed by atoms with van der Waals surface area (Å²) in [6.45, 7) is 8.18. The fourth-order valence-electron chi connectivity index (χ4n) is 2.05. The van der Waals surface area contributed by atoms with Crippen molar-refractivity contribution in [2.45, 2.75) is 19.9 Å². The molecule has 0 fully saturated rings. The lowest BCUT2D eigenvalue weighted by Crippen LogP contribution is -2.34. The number of para-hydroxylation sites is 1. The van der Waals surface area contributed by atoms with Crippen molar-refractivity contribution in [3.05, 3.63) is 29.8 Å². The zero-order valence-corrected chi connectivity index (χ0v) is 12.3. The van der Waals surface area contributed by atoms with E-state index < -0.39 is 0 Å². The summed E-state index contributed by atoms with van der Waals surface area (Å²) in [5.74, 6) is 0.889. The molecule has 1 aromatic rings. The number of nitrogens with two attached hydrogens (primary N) is 1. The number of hydrogen-bond acceptors (Lipinski definition) is 4. The minimum absolute atomic E-state index is 0.0421. The van der Waals surface area contributed by atoms with Crippen molar-refractivity contribution in [3.63, 3.8) is 0 Å². The molecule has 0 saturated carbocycles. The predicted molar refractivity (Wildman–Crippen MR) is 78.5 cm³/mol. The standard InChI is InChI=1S/C15H26N2O2/c1-4-17(10-11-18-3)12-14(16)13-8-6-7-9-15(13)19-5-2/h6-9,14H,4-5,10-12,16H2,1-3H3. The summed E-state index contributed by atoms with van der Waals surface area (Å²) in [7, 11) is 1.72. The van der Waals surface area contributed by atoms with Crippen molar-refractivity contribution < 1.29 is 9.47 Å². The van der Waals surface area contributed by atoms with Crippen molar-refractivity contribution in [2.24, 2.45) is 5.73 Å². The lowest BCUT2D eigenvalue weighted by Gasteiger charge is -2.25. The van der Waals surface area contributed by atoms with Gasteiger partial charge in [-0.2, -0.15) is 0 Å². The first kappa shape index (κ1) is 16.0. The van der Waals surface area contributed by atoms with E-state index in [2.05, 4.69) is 11.8 Å². The van der Waals surface area contributed by atoms with Crippen molar-refractivity contribution in [2.75, 3.05) is 40.0 Å². The van der Waals surface area contributed by atoms with Gasteiger partial charge in [0.15, 0.2) is 0 Å². The second kappa shape index (κ2) is 8.91. The van der Waals surface area contributed by atoms with Crippen molar-refractivity contribution in [1.29, 1.82) is 0 Å². The van der Waals surface area contributed by atoms with Crippen LogP contribution in [0.15, 0.2) is 24.3 Å². The Labute approximate surface area is 116 Å². The molecule has 4 heteroatoms. The number of benzene rings is 1. The molecule has 0 radical (unpaired) electrons. The Morgan fingerprint density at radius 2 is 2.00 bits per heavy atom. The van der Waals surface area contributed by atoms with E-state index >= 15 is 0 Å². The van der Waals surface area contributed by atoms with E-state index in [0.717, 1.165) is 37.6 Å². The van der Waals surface area contributed by atoms with Gasteiger partial charge in [-0.25, -0.2) is 0 Å². The van der Waals surface area contributed by atoms with E-state index in [4.69, 9.17) is 15.2 Å². The average molecular weight is 266 g/mol. The quantitative estimate of drug-likeness (QED) is 0.743. The number of rotatable bonds is 9. The number of ether oxygens (including phenoxy) is 2. The van der Waals surface area contributed by atoms with Gasteiger partial charge in [-0.15, -0.1) is 0 Å². The number of hydrogen-bond donors (Lipinski definition) is 1. The van der Waals surface area contributed by atoms with Gasteiger partial charge in [-0.3, -0.25) is 4.90 Å². The molecule has 4 nitrogen and oxygen atoms in total. The third-order valence-electron chi connectivity index (χ3n) is 3.13. The van der Waals surface area contributed by atoms with Gasteiger partial charge in [0.25, 0.3) is 0 Å². The Balaban J connectivity index is 2.67. The van der Waals surface area contributed by atoms with Crippen LogP contribution in [0.4, 0.5) is 0 Å². The van der Waals surface area contributed by atoms with Crippen LogP contribution >= 0.6 is 0 Å². The van der Waals surface area contributed by atoms with Gasteiger partial charge in [0.2, 0.25) is 0 Å². The van der Waals surface area contributed by atoms with Crippen molar-refractivity contribution in [3.8, 4) is 5.75 Å². The smallest absolute Gasteiger partial charge is 0.124 e. The molecule has 1 atom stereocenters. The average Bonchev–Trinajstić information content (AvgIpc) is 2.44. The topological polar surface area (TPSA) is 47.7 Å². The number of likely N-dealkylation sites (N-methyl/N-ethyl adjacent to an activating group) is 1. The minimum Gasteiger partial charge on any atom is -0.494 e. The molecule has 0 aliphatic carbocycles. The van der Waals surface area contributed by atoms with E-state index in [0.29, 0.717) is 6.61 Å². The van der Waals surface area contributed by atoms with Gasteiger partial charge in [0, 0.05) is 31.8 Å². The first-order chi connectivity index (χ1) is 9.22. The van der Waals surface area contributed by atoms with Gasteiger partial charge in [0.05, 0.1) is 13.2 Å². The van der Waals surface area contributed by atoms with Crippen LogP contribution < -0.4 is 10.5 Å². The normalized spacial score (nSPS) is 12.7. The molecule has 0 aromatic heterocycles. The molecule has 0 aliphatic rings.